The normalized spacial score (nSPS) is 8.18. The Bertz CT molecular complexity index is 44.5. The molecule has 0 rings (SSSR count). The predicted octanol–water partition coefficient (Wildman–Crippen LogP) is -4.23. The van der Waals surface area contributed by atoms with Crippen molar-refractivity contribution in [3.63, 3.8) is 0 Å². The number of hydrogen-bond acceptors (Lipinski definition) is 1. The second-order valence-corrected chi connectivity index (χ2v) is 2.97. The van der Waals surface area contributed by atoms with Crippen LogP contribution < -0.4 is 75.4 Å². The van der Waals surface area contributed by atoms with E-state index in [0.29, 0.717) is 0 Å². The Hall–Kier alpha value is 2.19. The number of hydrogen-bond donors (Lipinski definition) is 0. The van der Waals surface area contributed by atoms with E-state index in [-0.39, 0.29) is 70.2 Å². The first-order valence-corrected chi connectivity index (χ1v) is 3.41. The van der Waals surface area contributed by atoms with Gasteiger partial charge in [0.05, 0.1) is 0 Å². The number of unbranched alkanes of at least 4 members (excludes halogenated alkanes) is 1. The molecule has 1 nitrogen and oxygen atoms in total. The SMILES string of the molecule is CC(C)(C)[O-].[CH2-]CCC.[K+].[Li+]. The molecule has 0 N–H and O–H groups in total. The largest absolute Gasteiger partial charge is 1.00 e. The van der Waals surface area contributed by atoms with Crippen LogP contribution >= 0.6 is 0 Å². The summed E-state index contributed by atoms with van der Waals surface area (Å²) in [6.07, 6.45) is 2.28. The summed E-state index contributed by atoms with van der Waals surface area (Å²) in [4.78, 5) is 0. The maximum Gasteiger partial charge on any atom is 1.00 e. The summed E-state index contributed by atoms with van der Waals surface area (Å²) < 4.78 is 0. The molecule has 0 aliphatic heterocycles. The van der Waals surface area contributed by atoms with Crippen LogP contribution in [0.15, 0.2) is 0 Å². The van der Waals surface area contributed by atoms with Gasteiger partial charge in [0.25, 0.3) is 0 Å². The van der Waals surface area contributed by atoms with Gasteiger partial charge in [-0.15, -0.1) is 5.60 Å². The van der Waals surface area contributed by atoms with Crippen LogP contribution in [0.1, 0.15) is 40.5 Å². The maximum absolute atomic E-state index is 10.1. The van der Waals surface area contributed by atoms with Crippen molar-refractivity contribution >= 4 is 0 Å². The summed E-state index contributed by atoms with van der Waals surface area (Å²) >= 11 is 0. The van der Waals surface area contributed by atoms with Crippen LogP contribution in [-0.4, -0.2) is 5.60 Å². The van der Waals surface area contributed by atoms with Crippen molar-refractivity contribution in [2.45, 2.75) is 46.1 Å². The van der Waals surface area contributed by atoms with Gasteiger partial charge >= 0.3 is 70.2 Å². The Labute approximate surface area is 126 Å². The number of rotatable bonds is 1. The van der Waals surface area contributed by atoms with Crippen LogP contribution in [0, 0.1) is 6.92 Å². The summed E-state index contributed by atoms with van der Waals surface area (Å²) in [6.45, 7) is 10.6. The fourth-order valence-electron chi connectivity index (χ4n) is 0. The van der Waals surface area contributed by atoms with E-state index in [9.17, 15) is 5.11 Å². The molecule has 0 atom stereocenters. The van der Waals surface area contributed by atoms with E-state index < -0.39 is 5.60 Å². The van der Waals surface area contributed by atoms with Crippen molar-refractivity contribution in [3.8, 4) is 0 Å². The van der Waals surface area contributed by atoms with Gasteiger partial charge < -0.3 is 12.0 Å². The molecule has 0 heterocycles. The predicted molar refractivity (Wildman–Crippen MR) is 40.0 cm³/mol. The first-order chi connectivity index (χ1) is 3.91. The van der Waals surface area contributed by atoms with Crippen LogP contribution in [0.5, 0.6) is 0 Å². The van der Waals surface area contributed by atoms with Crippen molar-refractivity contribution in [2.75, 3.05) is 0 Å². The molecule has 0 saturated heterocycles. The van der Waals surface area contributed by atoms with E-state index in [4.69, 9.17) is 0 Å². The molecule has 0 saturated carbocycles. The Kier molecular flexibility index (Phi) is 31.0. The zero-order valence-corrected chi connectivity index (χ0v) is 12.2. The van der Waals surface area contributed by atoms with Gasteiger partial charge in [-0.1, -0.05) is 34.1 Å². The zero-order valence-electron chi connectivity index (χ0n) is 9.03. The third-order valence-electron chi connectivity index (χ3n) is 0.354. The average Bonchev–Trinajstić information content (AvgIpc) is 1.61. The van der Waals surface area contributed by atoms with Gasteiger partial charge in [0.1, 0.15) is 0 Å². The van der Waals surface area contributed by atoms with Crippen LogP contribution in [0.2, 0.25) is 0 Å². The fourth-order valence-corrected chi connectivity index (χ4v) is 0. The summed E-state index contributed by atoms with van der Waals surface area (Å²) in [7, 11) is 0. The van der Waals surface area contributed by atoms with Gasteiger partial charge in [0.15, 0.2) is 0 Å². The maximum atomic E-state index is 10.1. The Morgan fingerprint density at radius 3 is 1.36 bits per heavy atom. The van der Waals surface area contributed by atoms with E-state index in [0.717, 1.165) is 6.42 Å². The van der Waals surface area contributed by atoms with Crippen LogP contribution in [0.25, 0.3) is 0 Å². The van der Waals surface area contributed by atoms with Gasteiger partial charge in [-0.2, -0.15) is 6.42 Å². The van der Waals surface area contributed by atoms with E-state index in [1.807, 2.05) is 0 Å². The Morgan fingerprint density at radius 2 is 1.36 bits per heavy atom. The van der Waals surface area contributed by atoms with Crippen molar-refractivity contribution in [2.24, 2.45) is 0 Å². The zero-order chi connectivity index (χ0) is 7.91. The minimum atomic E-state index is -0.750. The molecular formula is C8H18KLiO. The fraction of sp³-hybridized carbons (Fsp3) is 0.875. The van der Waals surface area contributed by atoms with E-state index in [1.165, 1.54) is 6.42 Å². The molecule has 0 amide bonds. The molecule has 11 heavy (non-hydrogen) atoms. The second-order valence-electron chi connectivity index (χ2n) is 2.97. The monoisotopic (exact) mass is 176 g/mol. The van der Waals surface area contributed by atoms with Crippen molar-refractivity contribution in [1.29, 1.82) is 0 Å². The molecule has 0 unspecified atom stereocenters. The minimum absolute atomic E-state index is 0. The Balaban J connectivity index is -0.0000000383. The third-order valence-corrected chi connectivity index (χ3v) is 0.354. The molecule has 0 aromatic carbocycles. The molecule has 3 heteroatoms. The molecule has 0 aliphatic carbocycles. The molecule has 0 bridgehead atoms. The van der Waals surface area contributed by atoms with E-state index in [2.05, 4.69) is 13.8 Å². The van der Waals surface area contributed by atoms with Crippen LogP contribution in [0.3, 0.4) is 0 Å². The molecule has 0 spiro atoms. The quantitative estimate of drug-likeness (QED) is 0.293. The molecule has 0 fully saturated rings. The van der Waals surface area contributed by atoms with E-state index in [1.54, 1.807) is 20.8 Å². The van der Waals surface area contributed by atoms with Gasteiger partial charge in [-0.3, -0.25) is 0 Å². The second kappa shape index (κ2) is 14.7. The molecule has 58 valence electrons. The topological polar surface area (TPSA) is 23.1 Å². The molecule has 0 aromatic heterocycles. The van der Waals surface area contributed by atoms with Gasteiger partial charge in [-0.05, 0) is 0 Å². The van der Waals surface area contributed by atoms with Crippen molar-refractivity contribution in [1.82, 2.24) is 0 Å². The smallest absolute Gasteiger partial charge is 0.850 e. The first-order valence-electron chi connectivity index (χ1n) is 3.41. The molecule has 0 aromatic rings. The van der Waals surface area contributed by atoms with Gasteiger partial charge in [-0.25, -0.2) is 0 Å². The van der Waals surface area contributed by atoms with Gasteiger partial charge in [0, 0.05) is 0 Å². The minimum Gasteiger partial charge on any atom is -0.850 e. The Morgan fingerprint density at radius 1 is 1.27 bits per heavy atom. The molecule has 0 aliphatic rings. The van der Waals surface area contributed by atoms with Crippen LogP contribution in [0.4, 0.5) is 0 Å². The third kappa shape index (κ3) is 124. The van der Waals surface area contributed by atoms with Crippen molar-refractivity contribution < 1.29 is 75.4 Å². The van der Waals surface area contributed by atoms with Crippen molar-refractivity contribution in [3.05, 3.63) is 6.92 Å². The summed E-state index contributed by atoms with van der Waals surface area (Å²) in [5.41, 5.74) is -0.750. The van der Waals surface area contributed by atoms with Gasteiger partial charge in [0.2, 0.25) is 0 Å². The summed E-state index contributed by atoms with van der Waals surface area (Å²) in [5.74, 6) is 0. The average molecular weight is 176 g/mol. The molecule has 0 radical (unpaired) electrons. The molecular weight excluding hydrogens is 158 g/mol. The van der Waals surface area contributed by atoms with Crippen LogP contribution in [-0.2, 0) is 0 Å². The standard InChI is InChI=1S/C4H9O.C4H9.K.Li/c1-4(2,3)5;1-3-4-2;;/h1-3H3;1,3-4H2,2H3;;/q2*-1;2*+1. The summed E-state index contributed by atoms with van der Waals surface area (Å²) in [5, 5.41) is 10.1. The van der Waals surface area contributed by atoms with E-state index >= 15 is 0 Å². The summed E-state index contributed by atoms with van der Waals surface area (Å²) in [6, 6.07) is 0. The first kappa shape index (κ1) is 23.2.